The van der Waals surface area contributed by atoms with E-state index in [1.165, 1.54) is 17.0 Å². The van der Waals surface area contributed by atoms with Gasteiger partial charge in [0.1, 0.15) is 5.82 Å². The fourth-order valence-electron chi connectivity index (χ4n) is 4.85. The van der Waals surface area contributed by atoms with Gasteiger partial charge in [0.15, 0.2) is 0 Å². The molecule has 1 saturated heterocycles. The maximum absolute atomic E-state index is 14.1. The minimum atomic E-state index is -0.641. The minimum Gasteiger partial charge on any atom is -0.463 e. The maximum Gasteiger partial charge on any atom is 0.338 e. The summed E-state index contributed by atoms with van der Waals surface area (Å²) in [6.45, 7) is 8.36. The number of carbonyl (C=O) groups excluding carboxylic acids is 3. The summed E-state index contributed by atoms with van der Waals surface area (Å²) in [6.07, 6.45) is 0. The lowest BCUT2D eigenvalue weighted by atomic mass is 9.92. The highest BCUT2D eigenvalue weighted by Gasteiger charge is 2.38. The molecule has 0 aromatic heterocycles. The fraction of sp³-hybridized carbons (Fsp3) is 0.414. The van der Waals surface area contributed by atoms with Crippen molar-refractivity contribution in [3.63, 3.8) is 0 Å². The zero-order chi connectivity index (χ0) is 27.4. The summed E-state index contributed by atoms with van der Waals surface area (Å²) >= 11 is 0. The average molecular weight is 523 g/mol. The van der Waals surface area contributed by atoms with E-state index in [9.17, 15) is 18.8 Å². The Balaban J connectivity index is 1.57. The molecule has 202 valence electrons. The van der Waals surface area contributed by atoms with Crippen LogP contribution in [-0.4, -0.2) is 79.0 Å². The molecular formula is C29H35FN4O4. The Morgan fingerprint density at radius 2 is 1.71 bits per heavy atom. The van der Waals surface area contributed by atoms with Crippen LogP contribution in [0.15, 0.2) is 59.8 Å². The zero-order valence-electron chi connectivity index (χ0n) is 22.4. The second-order valence-electron chi connectivity index (χ2n) is 9.89. The number of halogens is 1. The van der Waals surface area contributed by atoms with Gasteiger partial charge in [-0.3, -0.25) is 14.6 Å². The number of benzene rings is 2. The van der Waals surface area contributed by atoms with Crippen LogP contribution in [0.2, 0.25) is 0 Å². The molecular weight excluding hydrogens is 487 g/mol. The predicted molar refractivity (Wildman–Crippen MR) is 142 cm³/mol. The molecule has 2 aliphatic rings. The van der Waals surface area contributed by atoms with Crippen LogP contribution in [0.1, 0.15) is 54.2 Å². The molecule has 1 atom stereocenters. The van der Waals surface area contributed by atoms with Crippen LogP contribution in [0.3, 0.4) is 0 Å². The van der Waals surface area contributed by atoms with E-state index in [0.29, 0.717) is 49.9 Å². The van der Waals surface area contributed by atoms with Crippen molar-refractivity contribution in [1.82, 2.24) is 20.0 Å². The van der Waals surface area contributed by atoms with Crippen molar-refractivity contribution in [2.45, 2.75) is 32.7 Å². The molecule has 0 saturated carbocycles. The number of nitrogens with zero attached hydrogens (tertiary/aromatic N) is 3. The van der Waals surface area contributed by atoms with E-state index < -0.39 is 17.8 Å². The molecule has 0 spiro atoms. The summed E-state index contributed by atoms with van der Waals surface area (Å²) in [4.78, 5) is 44.2. The van der Waals surface area contributed by atoms with E-state index in [2.05, 4.69) is 24.1 Å². The van der Waals surface area contributed by atoms with Gasteiger partial charge in [0.05, 0.1) is 23.8 Å². The van der Waals surface area contributed by atoms with E-state index in [4.69, 9.17) is 4.74 Å². The Hall–Kier alpha value is -3.72. The van der Waals surface area contributed by atoms with Crippen molar-refractivity contribution < 1.29 is 23.5 Å². The van der Waals surface area contributed by atoms with Crippen LogP contribution in [0.5, 0.6) is 0 Å². The number of esters is 1. The molecule has 2 aromatic carbocycles. The normalized spacial score (nSPS) is 18.6. The number of carbonyl (C=O) groups is 3. The molecule has 0 bridgehead atoms. The fourth-order valence-corrected chi connectivity index (χ4v) is 4.85. The monoisotopic (exact) mass is 522 g/mol. The van der Waals surface area contributed by atoms with E-state index >= 15 is 0 Å². The summed E-state index contributed by atoms with van der Waals surface area (Å²) in [7, 11) is 1.64. The van der Waals surface area contributed by atoms with Crippen LogP contribution in [0, 0.1) is 5.82 Å². The molecule has 1 N–H and O–H groups in total. The number of nitrogens with one attached hydrogen (secondary N) is 1. The van der Waals surface area contributed by atoms with Gasteiger partial charge in [0, 0.05) is 45.5 Å². The highest BCUT2D eigenvalue weighted by molar-refractivity contribution is 5.95. The van der Waals surface area contributed by atoms with Crippen molar-refractivity contribution in [1.29, 1.82) is 0 Å². The molecule has 2 heterocycles. The number of ether oxygens (including phenoxy) is 1. The number of likely N-dealkylation sites (N-methyl/N-ethyl adjacent to an activating group) is 1. The van der Waals surface area contributed by atoms with Crippen molar-refractivity contribution in [2.75, 3.05) is 46.4 Å². The molecule has 4 rings (SSSR count). The third kappa shape index (κ3) is 5.72. The Morgan fingerprint density at radius 1 is 1.05 bits per heavy atom. The number of piperazine rings is 1. The SMILES string of the molecule is CCOC(=O)C1=C(CN2CCN(C(=O)c3ccccc3F)CC2)N(C)C(=O)N[C@@H]1c1ccc(C(C)C)cc1. The molecule has 8 nitrogen and oxygen atoms in total. The Kier molecular flexibility index (Phi) is 8.46. The van der Waals surface area contributed by atoms with E-state index in [1.807, 2.05) is 24.3 Å². The number of hydrogen-bond acceptors (Lipinski definition) is 5. The molecule has 0 aliphatic carbocycles. The lowest BCUT2D eigenvalue weighted by molar-refractivity contribution is -0.139. The van der Waals surface area contributed by atoms with Crippen LogP contribution in [0.25, 0.3) is 0 Å². The third-order valence-corrected chi connectivity index (χ3v) is 7.15. The van der Waals surface area contributed by atoms with Gasteiger partial charge in [-0.1, -0.05) is 50.2 Å². The Morgan fingerprint density at radius 3 is 2.32 bits per heavy atom. The molecule has 1 fully saturated rings. The van der Waals surface area contributed by atoms with E-state index in [1.54, 1.807) is 31.0 Å². The highest BCUT2D eigenvalue weighted by atomic mass is 19.1. The molecule has 9 heteroatoms. The van der Waals surface area contributed by atoms with Gasteiger partial charge in [-0.15, -0.1) is 0 Å². The van der Waals surface area contributed by atoms with Gasteiger partial charge < -0.3 is 15.0 Å². The molecule has 38 heavy (non-hydrogen) atoms. The quantitative estimate of drug-likeness (QED) is 0.558. The highest BCUT2D eigenvalue weighted by Crippen LogP contribution is 2.32. The minimum absolute atomic E-state index is 0.0586. The zero-order valence-corrected chi connectivity index (χ0v) is 22.4. The third-order valence-electron chi connectivity index (χ3n) is 7.15. The van der Waals surface area contributed by atoms with Gasteiger partial charge in [-0.2, -0.15) is 0 Å². The second-order valence-corrected chi connectivity index (χ2v) is 9.89. The number of amides is 3. The largest absolute Gasteiger partial charge is 0.463 e. The topological polar surface area (TPSA) is 82.2 Å². The summed E-state index contributed by atoms with van der Waals surface area (Å²) in [6, 6.07) is 12.9. The maximum atomic E-state index is 14.1. The van der Waals surface area contributed by atoms with E-state index in [0.717, 1.165) is 11.1 Å². The summed E-state index contributed by atoms with van der Waals surface area (Å²) in [5.41, 5.74) is 2.99. The van der Waals surface area contributed by atoms with Crippen molar-refractivity contribution in [2.24, 2.45) is 0 Å². The van der Waals surface area contributed by atoms with Crippen molar-refractivity contribution in [3.05, 3.63) is 82.3 Å². The van der Waals surface area contributed by atoms with Crippen molar-refractivity contribution >= 4 is 17.9 Å². The average Bonchev–Trinajstić information content (AvgIpc) is 2.91. The summed E-state index contributed by atoms with van der Waals surface area (Å²) < 4.78 is 19.6. The lowest BCUT2D eigenvalue weighted by Gasteiger charge is -2.39. The first-order chi connectivity index (χ1) is 18.2. The first-order valence-corrected chi connectivity index (χ1v) is 13.0. The van der Waals surface area contributed by atoms with Crippen LogP contribution < -0.4 is 5.32 Å². The number of urea groups is 1. The van der Waals surface area contributed by atoms with Gasteiger partial charge >= 0.3 is 12.0 Å². The summed E-state index contributed by atoms with van der Waals surface area (Å²) in [5.74, 6) is -0.990. The molecule has 0 unspecified atom stereocenters. The standard InChI is InChI=1S/C29H35FN4O4/c1-5-38-28(36)25-24(32(4)29(37)31-26(25)21-12-10-20(11-13-21)19(2)3)18-33-14-16-34(17-15-33)27(35)22-8-6-7-9-23(22)30/h6-13,19,26H,5,14-18H2,1-4H3,(H,31,37)/t26-/m1/s1. The molecule has 0 radical (unpaired) electrons. The summed E-state index contributed by atoms with van der Waals surface area (Å²) in [5, 5.41) is 2.95. The van der Waals surface area contributed by atoms with E-state index in [-0.39, 0.29) is 24.1 Å². The molecule has 2 aromatic rings. The van der Waals surface area contributed by atoms with Gasteiger partial charge in [0.2, 0.25) is 0 Å². The number of hydrogen-bond donors (Lipinski definition) is 1. The Labute approximate surface area is 223 Å². The van der Waals surface area contributed by atoms with Crippen LogP contribution in [0.4, 0.5) is 9.18 Å². The smallest absolute Gasteiger partial charge is 0.338 e. The number of rotatable bonds is 7. The first kappa shape index (κ1) is 27.3. The molecule has 2 aliphatic heterocycles. The van der Waals surface area contributed by atoms with Gasteiger partial charge in [-0.05, 0) is 36.1 Å². The predicted octanol–water partition coefficient (Wildman–Crippen LogP) is 3.92. The van der Waals surface area contributed by atoms with Crippen LogP contribution in [-0.2, 0) is 9.53 Å². The van der Waals surface area contributed by atoms with Gasteiger partial charge in [0.25, 0.3) is 5.91 Å². The van der Waals surface area contributed by atoms with Crippen LogP contribution >= 0.6 is 0 Å². The Bertz CT molecular complexity index is 1220. The van der Waals surface area contributed by atoms with Crippen molar-refractivity contribution in [3.8, 4) is 0 Å². The second kappa shape index (κ2) is 11.8. The molecule has 3 amide bonds. The lowest BCUT2D eigenvalue weighted by Crippen LogP contribution is -2.53. The first-order valence-electron chi connectivity index (χ1n) is 13.0. The van der Waals surface area contributed by atoms with Gasteiger partial charge in [-0.25, -0.2) is 14.0 Å².